The van der Waals surface area contributed by atoms with Gasteiger partial charge in [0, 0.05) is 48.3 Å². The highest BCUT2D eigenvalue weighted by molar-refractivity contribution is 5.85. The molecule has 2 aliphatic heterocycles. The smallest absolute Gasteiger partial charge is 0.283 e. The molecule has 2 unspecified atom stereocenters. The number of ether oxygens (including phenoxy) is 1. The summed E-state index contributed by atoms with van der Waals surface area (Å²) < 4.78 is 92.4. The van der Waals surface area contributed by atoms with Crippen molar-refractivity contribution in [3.8, 4) is 0 Å². The maximum absolute atomic E-state index is 15.8. The molecule has 3 heterocycles. The minimum atomic E-state index is -3.49. The monoisotopic (exact) mass is 543 g/mol. The Balaban J connectivity index is 1.45. The summed E-state index contributed by atoms with van der Waals surface area (Å²) in [6, 6.07) is 2.36. The summed E-state index contributed by atoms with van der Waals surface area (Å²) in [6.45, 7) is 0.572. The van der Waals surface area contributed by atoms with Crippen molar-refractivity contribution in [2.24, 2.45) is 5.92 Å². The Hall–Kier alpha value is -2.50. The van der Waals surface area contributed by atoms with Gasteiger partial charge in [-0.3, -0.25) is 14.2 Å². The summed E-state index contributed by atoms with van der Waals surface area (Å²) in [5.41, 5.74) is 1.53. The lowest BCUT2D eigenvalue weighted by atomic mass is 9.80. The number of H-pyrrole nitrogens is 1. The Morgan fingerprint density at radius 3 is 2.66 bits per heavy atom. The van der Waals surface area contributed by atoms with Crippen LogP contribution >= 0.6 is 0 Å². The second-order valence-corrected chi connectivity index (χ2v) is 10.5. The number of aliphatic hydroxyl groups is 1. The largest absolute Gasteiger partial charge is 0.488 e. The van der Waals surface area contributed by atoms with E-state index in [-0.39, 0.29) is 18.3 Å². The van der Waals surface area contributed by atoms with Crippen LogP contribution in [0.1, 0.15) is 30.6 Å². The van der Waals surface area contributed by atoms with Gasteiger partial charge in [0.15, 0.2) is 0 Å². The number of allylic oxidation sites excluding steroid dienone is 2. The molecule has 5 nitrogen and oxygen atoms in total. The molecule has 0 saturated carbocycles. The van der Waals surface area contributed by atoms with Crippen LogP contribution in [0.15, 0.2) is 41.9 Å². The van der Waals surface area contributed by atoms with E-state index < -0.39 is 61.6 Å². The van der Waals surface area contributed by atoms with Crippen molar-refractivity contribution in [1.82, 2.24) is 14.8 Å². The van der Waals surface area contributed by atoms with Gasteiger partial charge < -0.3 is 14.8 Å². The number of aromatic amines is 1. The van der Waals surface area contributed by atoms with Crippen LogP contribution in [-0.4, -0.2) is 83.6 Å². The van der Waals surface area contributed by atoms with E-state index in [0.717, 1.165) is 12.2 Å². The molecule has 11 heteroatoms. The van der Waals surface area contributed by atoms with E-state index in [1.54, 1.807) is 6.92 Å². The minimum Gasteiger partial charge on any atom is -0.488 e. The molecule has 1 aliphatic carbocycles. The summed E-state index contributed by atoms with van der Waals surface area (Å²) in [7, 11) is 0. The topological polar surface area (TPSA) is 51.7 Å². The number of benzene rings is 1. The third kappa shape index (κ3) is 5.20. The first kappa shape index (κ1) is 27.1. The Morgan fingerprint density at radius 1 is 1.21 bits per heavy atom. The predicted octanol–water partition coefficient (Wildman–Crippen LogP) is 4.99. The van der Waals surface area contributed by atoms with Crippen LogP contribution in [0.25, 0.3) is 10.9 Å². The molecule has 5 rings (SSSR count). The number of nitrogens with one attached hydrogen (secondary N) is 1. The highest BCUT2D eigenvalue weighted by Gasteiger charge is 2.48. The van der Waals surface area contributed by atoms with E-state index in [0.29, 0.717) is 48.2 Å². The number of halogens is 6. The molecule has 2 aromatic rings. The lowest BCUT2D eigenvalue weighted by Gasteiger charge is -2.46. The molecule has 0 bridgehead atoms. The van der Waals surface area contributed by atoms with Crippen LogP contribution in [0.2, 0.25) is 0 Å². The van der Waals surface area contributed by atoms with Crippen LogP contribution in [0.5, 0.6) is 0 Å². The number of nitrogens with zero attached hydrogens (tertiary/aromatic N) is 2. The van der Waals surface area contributed by atoms with E-state index >= 15 is 8.78 Å². The van der Waals surface area contributed by atoms with E-state index in [4.69, 9.17) is 4.74 Å². The van der Waals surface area contributed by atoms with Crippen molar-refractivity contribution in [2.45, 2.75) is 50.0 Å². The fourth-order valence-corrected chi connectivity index (χ4v) is 5.87. The summed E-state index contributed by atoms with van der Waals surface area (Å²) in [4.78, 5) is 6.41. The average molecular weight is 544 g/mol. The summed E-state index contributed by atoms with van der Waals surface area (Å²) in [5, 5.41) is 9.78. The van der Waals surface area contributed by atoms with Gasteiger partial charge >= 0.3 is 0 Å². The molecule has 1 saturated heterocycles. The fourth-order valence-electron chi connectivity index (χ4n) is 5.87. The van der Waals surface area contributed by atoms with Crippen LogP contribution in [0, 0.1) is 11.7 Å². The third-order valence-corrected chi connectivity index (χ3v) is 7.70. The van der Waals surface area contributed by atoms with E-state index in [1.165, 1.54) is 23.1 Å². The van der Waals surface area contributed by atoms with Crippen molar-refractivity contribution in [2.75, 3.05) is 39.5 Å². The van der Waals surface area contributed by atoms with Crippen molar-refractivity contribution in [1.29, 1.82) is 0 Å². The first-order valence-electron chi connectivity index (χ1n) is 12.8. The van der Waals surface area contributed by atoms with Gasteiger partial charge in [-0.25, -0.2) is 22.0 Å². The SMILES string of the molecule is C[C@H]1Cc2c([nH]c3ccc(F)cc23)[C@H](C2C(F)=CC(OC3CN(CCCF)C3)=CC2F)N1CC(F)(F)CO. The molecule has 3 aliphatic rings. The lowest BCUT2D eigenvalue weighted by molar-refractivity contribution is -0.0971. The van der Waals surface area contributed by atoms with Gasteiger partial charge in [0.1, 0.15) is 36.3 Å². The van der Waals surface area contributed by atoms with Crippen molar-refractivity contribution in [3.63, 3.8) is 0 Å². The second kappa shape index (κ2) is 10.6. The number of likely N-dealkylation sites (tertiary alicyclic amines) is 1. The van der Waals surface area contributed by atoms with Crippen LogP contribution in [-0.2, 0) is 11.2 Å². The molecule has 4 atom stereocenters. The number of aliphatic hydroxyl groups excluding tert-OH is 1. The molecule has 0 radical (unpaired) electrons. The van der Waals surface area contributed by atoms with Crippen LogP contribution in [0.3, 0.4) is 0 Å². The van der Waals surface area contributed by atoms with Gasteiger partial charge in [-0.15, -0.1) is 0 Å². The fraction of sp³-hybridized carbons (Fsp3) is 0.556. The lowest BCUT2D eigenvalue weighted by Crippen LogP contribution is -2.53. The minimum absolute atomic E-state index is 0.0245. The van der Waals surface area contributed by atoms with Crippen LogP contribution in [0.4, 0.5) is 26.3 Å². The number of hydrogen-bond acceptors (Lipinski definition) is 4. The standard InChI is InChI=1S/C27H31F6N3O2/c1-15-7-20-19-8-16(29)3-4-23(19)34-25(20)26(36(15)13-27(32,33)14-37)24-21(30)9-17(10-22(24)31)38-18-11-35(12-18)6-2-5-28/h3-4,8-10,15,18,21,24,26,34,37H,2,5-7,11-14H2,1H3/t15-,21?,24?,26-/m0/s1. The third-order valence-electron chi connectivity index (χ3n) is 7.70. The predicted molar refractivity (Wildman–Crippen MR) is 130 cm³/mol. The van der Waals surface area contributed by atoms with Crippen molar-refractivity contribution in [3.05, 3.63) is 59.0 Å². The van der Waals surface area contributed by atoms with Gasteiger partial charge in [0.2, 0.25) is 0 Å². The van der Waals surface area contributed by atoms with E-state index in [9.17, 15) is 22.7 Å². The highest BCUT2D eigenvalue weighted by Crippen LogP contribution is 2.47. The van der Waals surface area contributed by atoms with E-state index in [1.807, 2.05) is 4.90 Å². The Morgan fingerprint density at radius 2 is 1.97 bits per heavy atom. The maximum Gasteiger partial charge on any atom is 0.283 e. The molecule has 1 aromatic heterocycles. The number of aromatic nitrogens is 1. The van der Waals surface area contributed by atoms with Gasteiger partial charge in [-0.05, 0) is 49.6 Å². The highest BCUT2D eigenvalue weighted by atomic mass is 19.3. The second-order valence-electron chi connectivity index (χ2n) is 10.5. The molecule has 1 aromatic carbocycles. The molecular weight excluding hydrogens is 512 g/mol. The number of fused-ring (bicyclic) bond motifs is 3. The first-order chi connectivity index (χ1) is 18.1. The van der Waals surface area contributed by atoms with Crippen molar-refractivity contribution >= 4 is 10.9 Å². The quantitative estimate of drug-likeness (QED) is 0.438. The summed E-state index contributed by atoms with van der Waals surface area (Å²) in [6.07, 6.45) is 0.742. The molecule has 2 N–H and O–H groups in total. The Labute approximate surface area is 216 Å². The molecule has 0 amide bonds. The first-order valence-corrected chi connectivity index (χ1v) is 12.8. The average Bonchev–Trinajstić information content (AvgIpc) is 3.18. The molecule has 0 spiro atoms. The van der Waals surface area contributed by atoms with Gasteiger partial charge in [-0.2, -0.15) is 0 Å². The number of alkyl halides is 4. The van der Waals surface area contributed by atoms with Crippen LogP contribution < -0.4 is 0 Å². The van der Waals surface area contributed by atoms with Crippen molar-refractivity contribution < 1.29 is 36.2 Å². The maximum atomic E-state index is 15.8. The van der Waals surface area contributed by atoms with Gasteiger partial charge in [-0.1, -0.05) is 0 Å². The zero-order valence-electron chi connectivity index (χ0n) is 20.9. The summed E-state index contributed by atoms with van der Waals surface area (Å²) >= 11 is 0. The Kier molecular flexibility index (Phi) is 7.54. The molecule has 38 heavy (non-hydrogen) atoms. The Bertz CT molecular complexity index is 1220. The van der Waals surface area contributed by atoms with E-state index in [2.05, 4.69) is 4.98 Å². The van der Waals surface area contributed by atoms with Gasteiger partial charge in [0.05, 0.1) is 25.2 Å². The van der Waals surface area contributed by atoms with Gasteiger partial charge in [0.25, 0.3) is 5.92 Å². The normalized spacial score (nSPS) is 27.2. The summed E-state index contributed by atoms with van der Waals surface area (Å²) in [5.74, 6) is -6.26. The number of hydrogen-bond donors (Lipinski definition) is 2. The molecule has 1 fully saturated rings. The number of rotatable bonds is 9. The molecule has 208 valence electrons. The zero-order chi connectivity index (χ0) is 27.2. The zero-order valence-corrected chi connectivity index (χ0v) is 20.9. The molecular formula is C27H31F6N3O2.